The summed E-state index contributed by atoms with van der Waals surface area (Å²) in [5.41, 5.74) is -0.951. The van der Waals surface area contributed by atoms with E-state index >= 15 is 0 Å². The molecule has 0 aliphatic carbocycles. The largest absolute Gasteiger partial charge is 2.00 e. The van der Waals surface area contributed by atoms with E-state index < -0.39 is 17.2 Å². The Kier molecular flexibility index (Phi) is 4.04. The molecule has 8 nitrogen and oxygen atoms in total. The standard InChI is InChI=1S/C9H10N4O4.Ca.2H/c1-11-4-5(10-6(11)8(15)16)12(2)9(17)13(3)7(4)14;;;/h1-3H3,(H,15,16);;;/q;+2;2*-1. The number of carboxylic acids is 1. The minimum atomic E-state index is -1.25. The zero-order chi connectivity index (χ0) is 12.9. The molecule has 1 N–H and O–H groups in total. The maximum atomic E-state index is 11.9. The van der Waals surface area contributed by atoms with Crippen LogP contribution >= 0.6 is 0 Å². The maximum Gasteiger partial charge on any atom is 2.00 e. The second-order valence-corrected chi connectivity index (χ2v) is 3.68. The molecule has 0 amide bonds. The van der Waals surface area contributed by atoms with Crippen molar-refractivity contribution >= 4 is 54.9 Å². The third kappa shape index (κ3) is 1.90. The first-order valence-corrected chi connectivity index (χ1v) is 4.72. The van der Waals surface area contributed by atoms with Crippen molar-refractivity contribution in [1.29, 1.82) is 0 Å². The maximum absolute atomic E-state index is 11.9. The van der Waals surface area contributed by atoms with Gasteiger partial charge >= 0.3 is 49.4 Å². The smallest absolute Gasteiger partial charge is 1.00 e. The monoisotopic (exact) mass is 280 g/mol. The molecule has 0 unspecified atom stereocenters. The summed E-state index contributed by atoms with van der Waals surface area (Å²) in [5, 5.41) is 8.91. The molecule has 0 aliphatic rings. The van der Waals surface area contributed by atoms with Crippen molar-refractivity contribution < 1.29 is 12.8 Å². The van der Waals surface area contributed by atoms with Crippen LogP contribution in [0.25, 0.3) is 11.2 Å². The van der Waals surface area contributed by atoms with Crippen molar-refractivity contribution in [2.75, 3.05) is 0 Å². The van der Waals surface area contributed by atoms with Crippen LogP contribution in [0.3, 0.4) is 0 Å². The first-order valence-electron chi connectivity index (χ1n) is 4.72. The molecule has 2 aromatic rings. The Labute approximate surface area is 133 Å². The molecule has 0 saturated heterocycles. The molecule has 18 heavy (non-hydrogen) atoms. The van der Waals surface area contributed by atoms with E-state index in [1.54, 1.807) is 0 Å². The molecule has 0 aromatic carbocycles. The number of hydrogen-bond acceptors (Lipinski definition) is 4. The van der Waals surface area contributed by atoms with Gasteiger partial charge in [-0.3, -0.25) is 13.9 Å². The summed E-state index contributed by atoms with van der Waals surface area (Å²) in [7, 11) is 4.19. The quantitative estimate of drug-likeness (QED) is 0.642. The Morgan fingerprint density at radius 1 is 1.17 bits per heavy atom. The van der Waals surface area contributed by atoms with Crippen LogP contribution in [0.2, 0.25) is 0 Å². The van der Waals surface area contributed by atoms with Gasteiger partial charge in [-0.15, -0.1) is 0 Å². The van der Waals surface area contributed by atoms with Gasteiger partial charge in [0.15, 0.2) is 11.2 Å². The number of aromatic nitrogens is 4. The molecule has 0 saturated carbocycles. The molecule has 0 fully saturated rings. The zero-order valence-corrected chi connectivity index (χ0v) is 12.4. The molecule has 0 aliphatic heterocycles. The Morgan fingerprint density at radius 2 is 1.72 bits per heavy atom. The molecule has 0 atom stereocenters. The van der Waals surface area contributed by atoms with Gasteiger partial charge in [0, 0.05) is 21.1 Å². The third-order valence-corrected chi connectivity index (χ3v) is 2.67. The van der Waals surface area contributed by atoms with Gasteiger partial charge in [0.2, 0.25) is 5.82 Å². The zero-order valence-electron chi connectivity index (χ0n) is 12.2. The van der Waals surface area contributed by atoms with Gasteiger partial charge in [0.1, 0.15) is 0 Å². The number of aryl methyl sites for hydroxylation is 2. The summed E-state index contributed by atoms with van der Waals surface area (Å²) >= 11 is 0. The molecule has 94 valence electrons. The van der Waals surface area contributed by atoms with E-state index in [1.165, 1.54) is 25.7 Å². The summed E-state index contributed by atoms with van der Waals surface area (Å²) in [6.07, 6.45) is 0. The van der Waals surface area contributed by atoms with E-state index in [0.717, 1.165) is 9.13 Å². The van der Waals surface area contributed by atoms with Crippen molar-refractivity contribution in [2.24, 2.45) is 21.1 Å². The fourth-order valence-electron chi connectivity index (χ4n) is 1.71. The van der Waals surface area contributed by atoms with Crippen LogP contribution < -0.4 is 11.2 Å². The van der Waals surface area contributed by atoms with Gasteiger partial charge in [0.05, 0.1) is 0 Å². The summed E-state index contributed by atoms with van der Waals surface area (Å²) in [6.45, 7) is 0. The van der Waals surface area contributed by atoms with E-state index in [9.17, 15) is 14.4 Å². The van der Waals surface area contributed by atoms with E-state index in [4.69, 9.17) is 5.11 Å². The van der Waals surface area contributed by atoms with Gasteiger partial charge in [0.25, 0.3) is 5.56 Å². The van der Waals surface area contributed by atoms with Crippen molar-refractivity contribution in [2.45, 2.75) is 0 Å². The fourth-order valence-corrected chi connectivity index (χ4v) is 1.71. The first kappa shape index (κ1) is 14.9. The predicted octanol–water partition coefficient (Wildman–Crippen LogP) is -1.49. The average molecular weight is 280 g/mol. The summed E-state index contributed by atoms with van der Waals surface area (Å²) in [4.78, 5) is 38.2. The molecule has 0 radical (unpaired) electrons. The molecular formula is C9H12CaN4O4. The topological polar surface area (TPSA) is 99.1 Å². The molecule has 0 spiro atoms. The van der Waals surface area contributed by atoms with E-state index in [-0.39, 0.29) is 57.6 Å². The SMILES string of the molecule is Cn1c(=O)c2c(nc(C(=O)O)n2C)n(C)c1=O.[Ca+2].[H-].[H-]. The summed E-state index contributed by atoms with van der Waals surface area (Å²) in [5.74, 6) is -1.53. The van der Waals surface area contributed by atoms with Crippen LogP contribution in [0.4, 0.5) is 0 Å². The fraction of sp³-hybridized carbons (Fsp3) is 0.333. The van der Waals surface area contributed by atoms with Crippen LogP contribution in [0.1, 0.15) is 13.5 Å². The van der Waals surface area contributed by atoms with Crippen LogP contribution in [0.5, 0.6) is 0 Å². The van der Waals surface area contributed by atoms with Gasteiger partial charge in [-0.25, -0.2) is 14.6 Å². The van der Waals surface area contributed by atoms with Crippen LogP contribution in [0, 0.1) is 0 Å². The van der Waals surface area contributed by atoms with Crippen LogP contribution in [-0.4, -0.2) is 67.5 Å². The van der Waals surface area contributed by atoms with Gasteiger partial charge in [-0.2, -0.15) is 0 Å². The molecule has 2 rings (SSSR count). The van der Waals surface area contributed by atoms with Crippen molar-refractivity contribution in [3.8, 4) is 0 Å². The predicted molar refractivity (Wildman–Crippen MR) is 66.1 cm³/mol. The Balaban J connectivity index is 0. The number of carboxylic acid groups (broad SMARTS) is 1. The number of carbonyl (C=O) groups is 1. The summed E-state index contributed by atoms with van der Waals surface area (Å²) in [6, 6.07) is 0. The van der Waals surface area contributed by atoms with Crippen molar-refractivity contribution in [1.82, 2.24) is 18.7 Å². The molecule has 2 aromatic heterocycles. The number of imidazole rings is 1. The van der Waals surface area contributed by atoms with Crippen LogP contribution in [0.15, 0.2) is 9.59 Å². The molecule has 2 heterocycles. The number of aromatic carboxylic acids is 1. The second kappa shape index (κ2) is 4.87. The van der Waals surface area contributed by atoms with E-state index in [2.05, 4.69) is 4.98 Å². The Bertz CT molecular complexity index is 764. The third-order valence-electron chi connectivity index (χ3n) is 2.67. The Morgan fingerprint density at radius 3 is 2.22 bits per heavy atom. The van der Waals surface area contributed by atoms with Crippen molar-refractivity contribution in [3.63, 3.8) is 0 Å². The minimum absolute atomic E-state index is 0. The molecule has 9 heteroatoms. The summed E-state index contributed by atoms with van der Waals surface area (Å²) < 4.78 is 3.22. The van der Waals surface area contributed by atoms with Gasteiger partial charge in [-0.05, 0) is 0 Å². The van der Waals surface area contributed by atoms with E-state index in [0.29, 0.717) is 0 Å². The van der Waals surface area contributed by atoms with E-state index in [1.807, 2.05) is 0 Å². The Hall–Kier alpha value is -1.12. The number of rotatable bonds is 1. The van der Waals surface area contributed by atoms with Gasteiger partial charge in [-0.1, -0.05) is 0 Å². The van der Waals surface area contributed by atoms with Crippen LogP contribution in [-0.2, 0) is 21.1 Å². The normalized spacial score (nSPS) is 10.4. The average Bonchev–Trinajstić information content (AvgIpc) is 2.62. The number of fused-ring (bicyclic) bond motifs is 1. The van der Waals surface area contributed by atoms with Gasteiger partial charge < -0.3 is 12.5 Å². The molecule has 0 bridgehead atoms. The second-order valence-electron chi connectivity index (χ2n) is 3.68. The first-order chi connectivity index (χ1) is 7.86. The number of nitrogens with zero attached hydrogens (tertiary/aromatic N) is 4. The minimum Gasteiger partial charge on any atom is -1.00 e. The van der Waals surface area contributed by atoms with Crippen molar-refractivity contribution in [3.05, 3.63) is 26.7 Å². The molecular weight excluding hydrogens is 268 g/mol. The number of hydrogen-bond donors (Lipinski definition) is 1.